The van der Waals surface area contributed by atoms with E-state index in [1.54, 1.807) is 17.4 Å². The molecule has 1 N–H and O–H groups in total. The lowest BCUT2D eigenvalue weighted by molar-refractivity contribution is -0.689. The minimum Gasteiger partial charge on any atom is -1.00 e. The van der Waals surface area contributed by atoms with Gasteiger partial charge in [-0.3, -0.25) is 4.79 Å². The van der Waals surface area contributed by atoms with Crippen molar-refractivity contribution in [3.05, 3.63) is 75.2 Å². The fourth-order valence-corrected chi connectivity index (χ4v) is 5.60. The average molecular weight is 636 g/mol. The summed E-state index contributed by atoms with van der Waals surface area (Å²) in [7, 11) is 0. The van der Waals surface area contributed by atoms with Crippen molar-refractivity contribution in [3.8, 4) is 5.75 Å². The minimum absolute atomic E-state index is 0. The normalized spacial score (nSPS) is 10.7. The monoisotopic (exact) mass is 634 g/mol. The standard InChI is InChI=1S/C32H43ClN2O2S.BrH/c1-3-4-5-6-7-8-9-10-11-12-13-14-21-37-31-29(33)19-16-20-30(31)34-32(36)28-18-15-17-27(22-28)23-35-25-38-24-26(35)2;/h15-20,22,24-25H,3-14,21,23H2,1-2H3;1H. The molecule has 39 heavy (non-hydrogen) atoms. The van der Waals surface area contributed by atoms with Gasteiger partial charge in [0.05, 0.1) is 22.7 Å². The van der Waals surface area contributed by atoms with Gasteiger partial charge in [-0.2, -0.15) is 4.57 Å². The number of thiazole rings is 1. The van der Waals surface area contributed by atoms with Crippen LogP contribution in [0.1, 0.15) is 106 Å². The lowest BCUT2D eigenvalue weighted by atomic mass is 10.1. The van der Waals surface area contributed by atoms with Gasteiger partial charge in [-0.15, -0.1) is 0 Å². The van der Waals surface area contributed by atoms with Crippen molar-refractivity contribution in [2.75, 3.05) is 11.9 Å². The van der Waals surface area contributed by atoms with E-state index in [1.165, 1.54) is 69.9 Å². The molecule has 1 heterocycles. The van der Waals surface area contributed by atoms with Crippen LogP contribution in [0.25, 0.3) is 0 Å². The molecule has 0 radical (unpaired) electrons. The van der Waals surface area contributed by atoms with Crippen molar-refractivity contribution >= 4 is 34.5 Å². The Kier molecular flexibility index (Phi) is 16.4. The van der Waals surface area contributed by atoms with Gasteiger partial charge in [-0.05, 0) is 30.7 Å². The highest BCUT2D eigenvalue weighted by atomic mass is 79.9. The third kappa shape index (κ3) is 12.0. The summed E-state index contributed by atoms with van der Waals surface area (Å²) < 4.78 is 8.24. The van der Waals surface area contributed by atoms with Crippen LogP contribution in [0.2, 0.25) is 5.02 Å². The van der Waals surface area contributed by atoms with E-state index >= 15 is 0 Å². The number of anilines is 1. The summed E-state index contributed by atoms with van der Waals surface area (Å²) >= 11 is 8.13. The van der Waals surface area contributed by atoms with Gasteiger partial charge in [-0.1, -0.05) is 119 Å². The smallest absolute Gasteiger partial charge is 0.255 e. The number of amides is 1. The first kappa shape index (κ1) is 33.3. The van der Waals surface area contributed by atoms with Gasteiger partial charge in [0.2, 0.25) is 5.51 Å². The Balaban J connectivity index is 0.00000533. The van der Waals surface area contributed by atoms with Gasteiger partial charge in [0.25, 0.3) is 5.91 Å². The third-order valence-electron chi connectivity index (χ3n) is 6.88. The Morgan fingerprint density at radius 2 is 1.56 bits per heavy atom. The molecule has 0 saturated heterocycles. The van der Waals surface area contributed by atoms with E-state index < -0.39 is 0 Å². The summed E-state index contributed by atoms with van der Waals surface area (Å²) in [6.45, 7) is 5.69. The molecule has 0 bridgehead atoms. The average Bonchev–Trinajstić information content (AvgIpc) is 3.32. The van der Waals surface area contributed by atoms with Gasteiger partial charge in [0, 0.05) is 18.1 Å². The number of carbonyl (C=O) groups excluding carboxylic acids is 1. The molecule has 0 fully saturated rings. The molecule has 2 aromatic carbocycles. The highest BCUT2D eigenvalue weighted by molar-refractivity contribution is 7.07. The van der Waals surface area contributed by atoms with E-state index in [-0.39, 0.29) is 22.9 Å². The first-order chi connectivity index (χ1) is 18.6. The molecular weight excluding hydrogens is 592 g/mol. The molecular formula is C32H44BrClN2O2S. The molecule has 0 aliphatic carbocycles. The second kappa shape index (κ2) is 19.2. The van der Waals surface area contributed by atoms with Crippen LogP contribution in [0, 0.1) is 6.92 Å². The molecule has 0 aliphatic rings. The molecule has 7 heteroatoms. The topological polar surface area (TPSA) is 42.2 Å². The Morgan fingerprint density at radius 3 is 2.21 bits per heavy atom. The van der Waals surface area contributed by atoms with Crippen molar-refractivity contribution in [1.29, 1.82) is 0 Å². The van der Waals surface area contributed by atoms with Crippen molar-refractivity contribution < 1.29 is 31.1 Å². The summed E-state index contributed by atoms with van der Waals surface area (Å²) in [6, 6.07) is 13.2. The Labute approximate surface area is 254 Å². The van der Waals surface area contributed by atoms with Gasteiger partial charge < -0.3 is 27.0 Å². The van der Waals surface area contributed by atoms with E-state index in [0.717, 1.165) is 24.9 Å². The largest absolute Gasteiger partial charge is 1.00 e. The number of hydrogen-bond acceptors (Lipinski definition) is 3. The first-order valence-electron chi connectivity index (χ1n) is 14.3. The lowest BCUT2D eigenvalue weighted by Crippen LogP contribution is -3.00. The number of benzene rings is 2. The van der Waals surface area contributed by atoms with Gasteiger partial charge >= 0.3 is 0 Å². The maximum Gasteiger partial charge on any atom is 0.255 e. The number of nitrogens with one attached hydrogen (secondary N) is 1. The fourth-order valence-electron chi connectivity index (χ4n) is 4.59. The van der Waals surface area contributed by atoms with Gasteiger partial charge in [-0.25, -0.2) is 0 Å². The van der Waals surface area contributed by atoms with Crippen LogP contribution >= 0.6 is 22.9 Å². The second-order valence-electron chi connectivity index (χ2n) is 10.1. The zero-order valence-electron chi connectivity index (χ0n) is 23.5. The number of halogens is 2. The zero-order chi connectivity index (χ0) is 27.0. The molecule has 1 amide bonds. The predicted molar refractivity (Wildman–Crippen MR) is 161 cm³/mol. The Morgan fingerprint density at radius 1 is 0.923 bits per heavy atom. The maximum atomic E-state index is 13.1. The number of para-hydroxylation sites is 1. The number of aromatic nitrogens is 1. The van der Waals surface area contributed by atoms with Crippen molar-refractivity contribution in [1.82, 2.24) is 0 Å². The number of rotatable bonds is 18. The number of aryl methyl sites for hydroxylation is 1. The maximum absolute atomic E-state index is 13.1. The molecule has 0 saturated carbocycles. The first-order valence-corrected chi connectivity index (χ1v) is 15.6. The number of nitrogens with zero attached hydrogens (tertiary/aromatic N) is 1. The second-order valence-corrected chi connectivity index (χ2v) is 11.3. The van der Waals surface area contributed by atoms with E-state index in [2.05, 4.69) is 34.6 Å². The molecule has 4 nitrogen and oxygen atoms in total. The van der Waals surface area contributed by atoms with Crippen LogP contribution in [0.3, 0.4) is 0 Å². The zero-order valence-corrected chi connectivity index (χ0v) is 26.7. The van der Waals surface area contributed by atoms with Gasteiger partial charge in [0.15, 0.2) is 18.0 Å². The van der Waals surface area contributed by atoms with E-state index in [9.17, 15) is 4.79 Å². The molecule has 0 spiro atoms. The lowest BCUT2D eigenvalue weighted by Gasteiger charge is -2.14. The van der Waals surface area contributed by atoms with Crippen LogP contribution in [-0.2, 0) is 6.54 Å². The van der Waals surface area contributed by atoms with E-state index in [4.69, 9.17) is 16.3 Å². The number of hydrogen-bond donors (Lipinski definition) is 1. The Bertz CT molecular complexity index is 1120. The highest BCUT2D eigenvalue weighted by Crippen LogP contribution is 2.33. The van der Waals surface area contributed by atoms with E-state index in [1.807, 2.05) is 36.4 Å². The molecule has 0 atom stereocenters. The summed E-state index contributed by atoms with van der Waals surface area (Å²) in [4.78, 5) is 13.1. The van der Waals surface area contributed by atoms with E-state index in [0.29, 0.717) is 28.6 Å². The summed E-state index contributed by atoms with van der Waals surface area (Å²) in [6.07, 6.45) is 15.6. The Hall–Kier alpha value is -1.89. The molecule has 1 aromatic heterocycles. The molecule has 3 rings (SSSR count). The molecule has 0 unspecified atom stereocenters. The third-order valence-corrected chi connectivity index (χ3v) is 8.03. The van der Waals surface area contributed by atoms with Crippen LogP contribution in [0.5, 0.6) is 5.75 Å². The summed E-state index contributed by atoms with van der Waals surface area (Å²) in [5.74, 6) is 0.377. The van der Waals surface area contributed by atoms with Crippen molar-refractivity contribution in [3.63, 3.8) is 0 Å². The minimum atomic E-state index is -0.170. The van der Waals surface area contributed by atoms with Crippen molar-refractivity contribution in [2.24, 2.45) is 0 Å². The highest BCUT2D eigenvalue weighted by Gasteiger charge is 2.15. The predicted octanol–water partition coefficient (Wildman–Crippen LogP) is 6.38. The number of ether oxygens (including phenoxy) is 1. The van der Waals surface area contributed by atoms with Crippen LogP contribution in [0.15, 0.2) is 53.4 Å². The SMILES string of the molecule is CCCCCCCCCCCCCCOc1c(Cl)cccc1NC(=O)c1cccc(C[n+]2cscc2C)c1.[Br-]. The van der Waals surface area contributed by atoms with Gasteiger partial charge in [0.1, 0.15) is 0 Å². The molecule has 3 aromatic rings. The quantitative estimate of drug-likeness (QED) is 0.130. The summed E-state index contributed by atoms with van der Waals surface area (Å²) in [5.41, 5.74) is 5.60. The molecule has 214 valence electrons. The number of carbonyl (C=O) groups is 1. The van der Waals surface area contributed by atoms with Crippen LogP contribution in [0.4, 0.5) is 5.69 Å². The summed E-state index contributed by atoms with van der Waals surface area (Å²) in [5, 5.41) is 5.64. The number of unbranched alkanes of at least 4 members (excludes halogenated alkanes) is 11. The van der Waals surface area contributed by atoms with Crippen molar-refractivity contribution in [2.45, 2.75) is 97.4 Å². The molecule has 0 aliphatic heterocycles. The van der Waals surface area contributed by atoms with Crippen LogP contribution < -0.4 is 31.6 Å². The van der Waals surface area contributed by atoms with Crippen LogP contribution in [-0.4, -0.2) is 12.5 Å². The fraction of sp³-hybridized carbons (Fsp3) is 0.500.